The Balaban J connectivity index is 2.03. The number of amides is 2. The van der Waals surface area contributed by atoms with Gasteiger partial charge in [0.05, 0.1) is 10.6 Å². The fourth-order valence-corrected chi connectivity index (χ4v) is 5.54. The summed E-state index contributed by atoms with van der Waals surface area (Å²) in [6, 6.07) is 19.5. The minimum Gasteiger partial charge on any atom is -0.352 e. The van der Waals surface area contributed by atoms with Crippen molar-refractivity contribution in [2.24, 2.45) is 0 Å². The minimum atomic E-state index is -4.11. The van der Waals surface area contributed by atoms with Gasteiger partial charge in [0.15, 0.2) is 0 Å². The second kappa shape index (κ2) is 13.4. The number of halogens is 1. The summed E-state index contributed by atoms with van der Waals surface area (Å²) in [4.78, 5) is 28.6. The average molecular weight is 554 g/mol. The highest BCUT2D eigenvalue weighted by molar-refractivity contribution is 7.92. The molecule has 7 nitrogen and oxygen atoms in total. The molecule has 3 rings (SSSR count). The molecule has 3 aromatic carbocycles. The zero-order valence-corrected chi connectivity index (χ0v) is 23.6. The van der Waals surface area contributed by atoms with Gasteiger partial charge in [-0.2, -0.15) is 0 Å². The summed E-state index contributed by atoms with van der Waals surface area (Å²) >= 11 is 0. The van der Waals surface area contributed by atoms with Crippen molar-refractivity contribution in [2.75, 3.05) is 10.8 Å². The van der Waals surface area contributed by atoms with Crippen molar-refractivity contribution in [3.8, 4) is 0 Å². The second-order valence-corrected chi connectivity index (χ2v) is 11.4. The summed E-state index contributed by atoms with van der Waals surface area (Å²) in [7, 11) is -4.11. The number of carbonyl (C=O) groups excluding carboxylic acids is 2. The third-order valence-corrected chi connectivity index (χ3v) is 8.37. The molecule has 1 N–H and O–H groups in total. The Morgan fingerprint density at radius 2 is 1.51 bits per heavy atom. The van der Waals surface area contributed by atoms with Crippen molar-refractivity contribution in [2.45, 2.75) is 64.1 Å². The molecule has 0 heterocycles. The highest BCUT2D eigenvalue weighted by Crippen LogP contribution is 2.25. The summed E-state index contributed by atoms with van der Waals surface area (Å²) in [5.74, 6) is -1.29. The van der Waals surface area contributed by atoms with Crippen molar-refractivity contribution in [1.82, 2.24) is 10.2 Å². The molecule has 0 bridgehead atoms. The molecule has 0 aromatic heterocycles. The molecule has 0 fully saturated rings. The van der Waals surface area contributed by atoms with Gasteiger partial charge in [0, 0.05) is 12.6 Å². The van der Waals surface area contributed by atoms with E-state index in [4.69, 9.17) is 0 Å². The largest absolute Gasteiger partial charge is 0.352 e. The standard InChI is InChI=1S/C30H36FN3O4S/c1-5-23(4)32-30(36)28(6-2)33(20-24-14-16-25(31)17-15-24)29(35)21-34(26-18-12-22(3)13-19-26)39(37,38)27-10-8-7-9-11-27/h7-19,23,28H,5-6,20-21H2,1-4H3,(H,32,36)/t23-,28+/m0/s1. The summed E-state index contributed by atoms with van der Waals surface area (Å²) < 4.78 is 42.2. The van der Waals surface area contributed by atoms with Crippen LogP contribution in [0.4, 0.5) is 10.1 Å². The highest BCUT2D eigenvalue weighted by Gasteiger charge is 2.33. The molecule has 0 spiro atoms. The van der Waals surface area contributed by atoms with Gasteiger partial charge in [-0.25, -0.2) is 12.8 Å². The maximum Gasteiger partial charge on any atom is 0.264 e. The van der Waals surface area contributed by atoms with Gasteiger partial charge < -0.3 is 10.2 Å². The van der Waals surface area contributed by atoms with Crippen LogP contribution in [0.5, 0.6) is 0 Å². The first-order chi connectivity index (χ1) is 18.6. The summed E-state index contributed by atoms with van der Waals surface area (Å²) in [6.07, 6.45) is 1.02. The van der Waals surface area contributed by atoms with Gasteiger partial charge in [0.1, 0.15) is 18.4 Å². The normalized spacial score (nSPS) is 12.8. The van der Waals surface area contributed by atoms with E-state index in [0.29, 0.717) is 24.1 Å². The molecule has 0 aliphatic heterocycles. The van der Waals surface area contributed by atoms with E-state index >= 15 is 0 Å². The number of hydrogen-bond donors (Lipinski definition) is 1. The van der Waals surface area contributed by atoms with Crippen LogP contribution in [0.2, 0.25) is 0 Å². The predicted octanol–water partition coefficient (Wildman–Crippen LogP) is 5.05. The van der Waals surface area contributed by atoms with Crippen LogP contribution in [0.25, 0.3) is 0 Å². The Bertz CT molecular complexity index is 1350. The van der Waals surface area contributed by atoms with E-state index in [0.717, 1.165) is 9.87 Å². The topological polar surface area (TPSA) is 86.8 Å². The van der Waals surface area contributed by atoms with Gasteiger partial charge in [-0.15, -0.1) is 0 Å². The Morgan fingerprint density at radius 1 is 0.897 bits per heavy atom. The first kappa shape index (κ1) is 29.8. The van der Waals surface area contributed by atoms with Crippen molar-refractivity contribution < 1.29 is 22.4 Å². The SMILES string of the molecule is CC[C@H](C(=O)N[C@@H](C)CC)N(Cc1ccc(F)cc1)C(=O)CN(c1ccc(C)cc1)S(=O)(=O)c1ccccc1. The van der Waals surface area contributed by atoms with E-state index < -0.39 is 34.3 Å². The lowest BCUT2D eigenvalue weighted by Gasteiger charge is -2.33. The van der Waals surface area contributed by atoms with Crippen molar-refractivity contribution in [1.29, 1.82) is 0 Å². The number of sulfonamides is 1. The number of aryl methyl sites for hydroxylation is 1. The maximum absolute atomic E-state index is 14.0. The lowest BCUT2D eigenvalue weighted by Crippen LogP contribution is -2.53. The first-order valence-electron chi connectivity index (χ1n) is 13.1. The van der Waals surface area contributed by atoms with Crippen LogP contribution in [0.3, 0.4) is 0 Å². The van der Waals surface area contributed by atoms with Crippen molar-refractivity contribution in [3.63, 3.8) is 0 Å². The van der Waals surface area contributed by atoms with Crippen LogP contribution in [-0.2, 0) is 26.2 Å². The van der Waals surface area contributed by atoms with Crippen LogP contribution >= 0.6 is 0 Å². The summed E-state index contributed by atoms with van der Waals surface area (Å²) in [6.45, 7) is 7.00. The molecule has 0 unspecified atom stereocenters. The van der Waals surface area contributed by atoms with Crippen molar-refractivity contribution in [3.05, 3.63) is 95.8 Å². The maximum atomic E-state index is 14.0. The lowest BCUT2D eigenvalue weighted by molar-refractivity contribution is -0.140. The molecule has 2 atom stereocenters. The summed E-state index contributed by atoms with van der Waals surface area (Å²) in [5, 5.41) is 2.93. The van der Waals surface area contributed by atoms with Crippen LogP contribution in [-0.4, -0.2) is 43.8 Å². The van der Waals surface area contributed by atoms with E-state index in [2.05, 4.69) is 5.32 Å². The van der Waals surface area contributed by atoms with Crippen molar-refractivity contribution >= 4 is 27.5 Å². The number of nitrogens with one attached hydrogen (secondary N) is 1. The smallest absolute Gasteiger partial charge is 0.264 e. The molecule has 0 saturated carbocycles. The monoisotopic (exact) mass is 553 g/mol. The first-order valence-corrected chi connectivity index (χ1v) is 14.5. The van der Waals surface area contributed by atoms with E-state index in [1.54, 1.807) is 61.5 Å². The Morgan fingerprint density at radius 3 is 2.08 bits per heavy atom. The van der Waals surface area contributed by atoms with Gasteiger partial charge in [-0.3, -0.25) is 13.9 Å². The fraction of sp³-hybridized carbons (Fsp3) is 0.333. The van der Waals surface area contributed by atoms with Gasteiger partial charge in [-0.1, -0.05) is 61.9 Å². The van der Waals surface area contributed by atoms with Gasteiger partial charge in [-0.05, 0) is 68.7 Å². The number of nitrogens with zero attached hydrogens (tertiary/aromatic N) is 2. The molecule has 0 saturated heterocycles. The molecule has 39 heavy (non-hydrogen) atoms. The van der Waals surface area contributed by atoms with Crippen LogP contribution in [0, 0.1) is 12.7 Å². The van der Waals surface area contributed by atoms with E-state index in [1.807, 2.05) is 20.8 Å². The molecule has 9 heteroatoms. The fourth-order valence-electron chi connectivity index (χ4n) is 4.11. The van der Waals surface area contributed by atoms with Gasteiger partial charge in [0.25, 0.3) is 10.0 Å². The second-order valence-electron chi connectivity index (χ2n) is 9.55. The Labute approximate surface area is 230 Å². The van der Waals surface area contributed by atoms with E-state index in [9.17, 15) is 22.4 Å². The predicted molar refractivity (Wildman–Crippen MR) is 151 cm³/mol. The molecule has 0 aliphatic rings. The third-order valence-electron chi connectivity index (χ3n) is 6.59. The van der Waals surface area contributed by atoms with Crippen LogP contribution < -0.4 is 9.62 Å². The van der Waals surface area contributed by atoms with Gasteiger partial charge >= 0.3 is 0 Å². The number of carbonyl (C=O) groups is 2. The Kier molecular flexibility index (Phi) is 10.2. The lowest BCUT2D eigenvalue weighted by atomic mass is 10.1. The number of hydrogen-bond acceptors (Lipinski definition) is 4. The zero-order chi connectivity index (χ0) is 28.6. The average Bonchev–Trinajstić information content (AvgIpc) is 2.93. The number of benzene rings is 3. The van der Waals surface area contributed by atoms with E-state index in [1.165, 1.54) is 29.2 Å². The quantitative estimate of drug-likeness (QED) is 0.340. The molecule has 0 radical (unpaired) electrons. The highest BCUT2D eigenvalue weighted by atomic mass is 32.2. The molecule has 0 aliphatic carbocycles. The number of anilines is 1. The summed E-state index contributed by atoms with van der Waals surface area (Å²) in [5.41, 5.74) is 1.89. The molecular weight excluding hydrogens is 517 g/mol. The van der Waals surface area contributed by atoms with Crippen LogP contribution in [0.1, 0.15) is 44.7 Å². The van der Waals surface area contributed by atoms with Gasteiger partial charge in [0.2, 0.25) is 11.8 Å². The third kappa shape index (κ3) is 7.66. The molecular formula is C30H36FN3O4S. The molecule has 3 aromatic rings. The molecule has 2 amide bonds. The van der Waals surface area contributed by atoms with E-state index in [-0.39, 0.29) is 23.4 Å². The van der Waals surface area contributed by atoms with Crippen LogP contribution in [0.15, 0.2) is 83.8 Å². The Hall–Kier alpha value is -3.72. The zero-order valence-electron chi connectivity index (χ0n) is 22.8. The minimum absolute atomic E-state index is 0.0126. The number of rotatable bonds is 12. The molecule has 208 valence electrons.